The second kappa shape index (κ2) is 11.0. The zero-order valence-electron chi connectivity index (χ0n) is 21.4. The van der Waals surface area contributed by atoms with Crippen LogP contribution in [0.4, 0.5) is 5.69 Å². The largest absolute Gasteiger partial charge is 0.507 e. The van der Waals surface area contributed by atoms with E-state index >= 15 is 0 Å². The Balaban J connectivity index is 1.82. The van der Waals surface area contributed by atoms with Crippen molar-refractivity contribution in [2.45, 2.75) is 13.0 Å². The summed E-state index contributed by atoms with van der Waals surface area (Å²) in [6.45, 7) is 1.82. The van der Waals surface area contributed by atoms with E-state index < -0.39 is 22.5 Å². The molecule has 5 rings (SSSR count). The first kappa shape index (κ1) is 26.6. The molecule has 0 amide bonds. The van der Waals surface area contributed by atoms with Crippen molar-refractivity contribution in [1.29, 1.82) is 0 Å². The smallest absolute Gasteiger partial charge is 0.338 e. The van der Waals surface area contributed by atoms with Crippen LogP contribution < -0.4 is 19.6 Å². The number of benzene rings is 3. The van der Waals surface area contributed by atoms with E-state index in [4.69, 9.17) is 14.5 Å². The predicted octanol–water partition coefficient (Wildman–Crippen LogP) is 3.56. The minimum absolute atomic E-state index is 0.105. The highest BCUT2D eigenvalue weighted by atomic mass is 32.1. The number of phenolic OH excluding ortho intramolecular Hbond substituents is 1. The number of carbonyl (C=O) groups is 1. The fourth-order valence-electron chi connectivity index (χ4n) is 4.45. The molecule has 0 radical (unpaired) electrons. The number of methoxy groups -OCH3 is 1. The summed E-state index contributed by atoms with van der Waals surface area (Å²) >= 11 is 1.05. The van der Waals surface area contributed by atoms with Crippen LogP contribution in [0, 0.1) is 10.1 Å². The van der Waals surface area contributed by atoms with Gasteiger partial charge in [0.15, 0.2) is 4.80 Å². The summed E-state index contributed by atoms with van der Waals surface area (Å²) < 4.78 is 12.3. The Morgan fingerprint density at radius 1 is 1.15 bits per heavy atom. The lowest BCUT2D eigenvalue weighted by Gasteiger charge is -2.26. The topological polar surface area (TPSA) is 133 Å². The van der Waals surface area contributed by atoms with Crippen LogP contribution in [0.15, 0.2) is 88.2 Å². The van der Waals surface area contributed by atoms with Crippen molar-refractivity contribution < 1.29 is 24.3 Å². The highest BCUT2D eigenvalue weighted by molar-refractivity contribution is 7.07. The molecule has 0 saturated carbocycles. The lowest BCUT2D eigenvalue weighted by atomic mass is 9.93. The van der Waals surface area contributed by atoms with E-state index in [-0.39, 0.29) is 33.7 Å². The number of hydrogen-bond donors (Lipinski definition) is 1. The number of carbonyl (C=O) groups excluding carboxylic acids is 1. The maximum absolute atomic E-state index is 13.9. The molecular formula is C29H23N3O7S. The second-order valence-electron chi connectivity index (χ2n) is 8.70. The first-order chi connectivity index (χ1) is 19.3. The quantitative estimate of drug-likeness (QED) is 0.209. The number of rotatable bonds is 7. The summed E-state index contributed by atoms with van der Waals surface area (Å²) in [5.74, 6) is -0.237. The van der Waals surface area contributed by atoms with Gasteiger partial charge in [-0.15, -0.1) is 0 Å². The molecule has 1 N–H and O–H groups in total. The highest BCUT2D eigenvalue weighted by Crippen LogP contribution is 2.35. The molecule has 40 heavy (non-hydrogen) atoms. The van der Waals surface area contributed by atoms with E-state index in [1.807, 2.05) is 30.3 Å². The third-order valence-electron chi connectivity index (χ3n) is 6.31. The first-order valence-corrected chi connectivity index (χ1v) is 13.0. The van der Waals surface area contributed by atoms with E-state index in [1.165, 1.54) is 28.8 Å². The molecule has 1 aromatic heterocycles. The van der Waals surface area contributed by atoms with Gasteiger partial charge < -0.3 is 14.6 Å². The van der Waals surface area contributed by atoms with Crippen LogP contribution in [0.1, 0.15) is 29.7 Å². The Labute approximate surface area is 231 Å². The van der Waals surface area contributed by atoms with Crippen LogP contribution in [0.25, 0.3) is 11.8 Å². The maximum atomic E-state index is 13.9. The Bertz CT molecular complexity index is 1820. The number of phenols is 1. The van der Waals surface area contributed by atoms with Crippen molar-refractivity contribution in [3.63, 3.8) is 0 Å². The summed E-state index contributed by atoms with van der Waals surface area (Å²) in [5.41, 5.74) is 1.24. The minimum atomic E-state index is -0.891. The molecule has 0 spiro atoms. The first-order valence-electron chi connectivity index (χ1n) is 12.2. The third-order valence-corrected chi connectivity index (χ3v) is 7.30. The summed E-state index contributed by atoms with van der Waals surface area (Å²) in [4.78, 5) is 43.1. The zero-order chi connectivity index (χ0) is 28.4. The van der Waals surface area contributed by atoms with Crippen molar-refractivity contribution in [3.05, 3.63) is 125 Å². The van der Waals surface area contributed by atoms with Gasteiger partial charge in [0, 0.05) is 23.3 Å². The molecule has 1 unspecified atom stereocenters. The molecule has 1 aliphatic rings. The van der Waals surface area contributed by atoms with E-state index in [2.05, 4.69) is 0 Å². The summed E-state index contributed by atoms with van der Waals surface area (Å²) in [7, 11) is 1.54. The number of aromatic hydroxyl groups is 1. The fourth-order valence-corrected chi connectivity index (χ4v) is 5.45. The van der Waals surface area contributed by atoms with Crippen molar-refractivity contribution >= 4 is 34.8 Å². The maximum Gasteiger partial charge on any atom is 0.338 e. The van der Waals surface area contributed by atoms with Gasteiger partial charge in [-0.1, -0.05) is 53.8 Å². The van der Waals surface area contributed by atoms with Crippen LogP contribution in [-0.2, 0) is 9.53 Å². The van der Waals surface area contributed by atoms with E-state index in [1.54, 1.807) is 38.3 Å². The number of non-ortho nitro benzene ring substituents is 1. The van der Waals surface area contributed by atoms with Gasteiger partial charge in [0.05, 0.1) is 40.5 Å². The van der Waals surface area contributed by atoms with Crippen molar-refractivity contribution in [1.82, 2.24) is 4.57 Å². The molecule has 11 heteroatoms. The van der Waals surface area contributed by atoms with Gasteiger partial charge in [0.25, 0.3) is 11.2 Å². The molecule has 1 atom stereocenters. The molecule has 0 bridgehead atoms. The number of thiazole rings is 1. The van der Waals surface area contributed by atoms with E-state index in [0.29, 0.717) is 27.4 Å². The number of fused-ring (bicyclic) bond motifs is 1. The molecule has 4 aromatic rings. The lowest BCUT2D eigenvalue weighted by Crippen LogP contribution is -2.40. The second-order valence-corrected chi connectivity index (χ2v) is 9.71. The van der Waals surface area contributed by atoms with Crippen LogP contribution in [0.5, 0.6) is 11.5 Å². The molecular weight excluding hydrogens is 534 g/mol. The van der Waals surface area contributed by atoms with Gasteiger partial charge in [-0.2, -0.15) is 0 Å². The number of nitrogens with zero attached hydrogens (tertiary/aromatic N) is 3. The SMILES string of the molecule is CCOC(=O)C1=C(c2ccccc2)N=c2s/c(=C/c3cc([N+](=O)[O-])ccc3O)c(=O)n2C1c1ccc(OC)cc1. The van der Waals surface area contributed by atoms with Crippen LogP contribution in [-0.4, -0.2) is 34.3 Å². The molecule has 2 heterocycles. The van der Waals surface area contributed by atoms with E-state index in [9.17, 15) is 24.8 Å². The lowest BCUT2D eigenvalue weighted by molar-refractivity contribution is -0.384. The van der Waals surface area contributed by atoms with Crippen LogP contribution in [0.2, 0.25) is 0 Å². The highest BCUT2D eigenvalue weighted by Gasteiger charge is 2.35. The molecule has 0 fully saturated rings. The van der Waals surface area contributed by atoms with Gasteiger partial charge in [-0.05, 0) is 36.8 Å². The number of esters is 1. The van der Waals surface area contributed by atoms with Gasteiger partial charge in [-0.25, -0.2) is 9.79 Å². The molecule has 0 saturated heterocycles. The predicted molar refractivity (Wildman–Crippen MR) is 149 cm³/mol. The zero-order valence-corrected chi connectivity index (χ0v) is 22.3. The average Bonchev–Trinajstić information content (AvgIpc) is 3.28. The number of hydrogen-bond acceptors (Lipinski definition) is 9. The van der Waals surface area contributed by atoms with Crippen molar-refractivity contribution in [2.24, 2.45) is 4.99 Å². The molecule has 3 aromatic carbocycles. The number of nitro groups is 1. The van der Waals surface area contributed by atoms with Gasteiger partial charge in [-0.3, -0.25) is 19.5 Å². The van der Waals surface area contributed by atoms with Crippen LogP contribution >= 0.6 is 11.3 Å². The molecule has 1 aliphatic heterocycles. The average molecular weight is 558 g/mol. The van der Waals surface area contributed by atoms with E-state index in [0.717, 1.165) is 11.3 Å². The molecule has 10 nitrogen and oxygen atoms in total. The van der Waals surface area contributed by atoms with Gasteiger partial charge >= 0.3 is 5.97 Å². The Kier molecular flexibility index (Phi) is 7.30. The van der Waals surface area contributed by atoms with Crippen LogP contribution in [0.3, 0.4) is 0 Å². The summed E-state index contributed by atoms with van der Waals surface area (Å²) in [5, 5.41) is 21.6. The normalized spacial score (nSPS) is 14.8. The standard InChI is InChI=1S/C29H23N3O7S/c1-3-39-28(35)24-25(17-7-5-4-6-8-17)30-29-31(26(24)18-9-12-21(38-2)13-10-18)27(34)23(40-29)16-19-15-20(32(36)37)11-14-22(19)33/h4-16,26,33H,3H2,1-2H3/b23-16+. The van der Waals surface area contributed by atoms with Gasteiger partial charge in [0.2, 0.25) is 0 Å². The third kappa shape index (κ3) is 4.90. The van der Waals surface area contributed by atoms with Crippen molar-refractivity contribution in [2.75, 3.05) is 13.7 Å². The Morgan fingerprint density at radius 2 is 1.88 bits per heavy atom. The fraction of sp³-hybridized carbons (Fsp3) is 0.138. The Hall–Kier alpha value is -5.03. The summed E-state index contributed by atoms with van der Waals surface area (Å²) in [6, 6.07) is 18.8. The Morgan fingerprint density at radius 3 is 2.52 bits per heavy atom. The van der Waals surface area contributed by atoms with Gasteiger partial charge in [0.1, 0.15) is 11.5 Å². The number of nitro benzene ring substituents is 1. The number of ether oxygens (including phenoxy) is 2. The molecule has 0 aliphatic carbocycles. The summed E-state index contributed by atoms with van der Waals surface area (Å²) in [6.07, 6.45) is 1.38. The monoisotopic (exact) mass is 557 g/mol. The molecule has 202 valence electrons. The number of aromatic nitrogens is 1. The minimum Gasteiger partial charge on any atom is -0.507 e. The van der Waals surface area contributed by atoms with Crippen molar-refractivity contribution in [3.8, 4) is 11.5 Å².